The summed E-state index contributed by atoms with van der Waals surface area (Å²) in [5, 5.41) is 4.01. The lowest BCUT2D eigenvalue weighted by Gasteiger charge is -2.17. The summed E-state index contributed by atoms with van der Waals surface area (Å²) in [6.07, 6.45) is 4.18. The second kappa shape index (κ2) is 3.48. The van der Waals surface area contributed by atoms with Gasteiger partial charge in [0.15, 0.2) is 0 Å². The van der Waals surface area contributed by atoms with Gasteiger partial charge in [0, 0.05) is 6.04 Å². The fraction of sp³-hybridized carbons (Fsp3) is 0.714. The Morgan fingerprint density at radius 1 is 1.64 bits per heavy atom. The van der Waals surface area contributed by atoms with Gasteiger partial charge in [0.2, 0.25) is 0 Å². The highest BCUT2D eigenvalue weighted by atomic mass is 15.3. The molecule has 0 aliphatic rings. The van der Waals surface area contributed by atoms with Crippen LogP contribution in [0.2, 0.25) is 0 Å². The summed E-state index contributed by atoms with van der Waals surface area (Å²) < 4.78 is 1.79. The maximum absolute atomic E-state index is 5.82. The van der Waals surface area contributed by atoms with Crippen LogP contribution in [0.4, 0.5) is 0 Å². The molecular formula is C7H14N4. The van der Waals surface area contributed by atoms with Gasteiger partial charge < -0.3 is 5.73 Å². The third kappa shape index (κ3) is 1.77. The van der Waals surface area contributed by atoms with Crippen molar-refractivity contribution in [2.45, 2.75) is 32.4 Å². The molecule has 0 fully saturated rings. The van der Waals surface area contributed by atoms with Crippen molar-refractivity contribution >= 4 is 0 Å². The molecule has 0 amide bonds. The minimum absolute atomic E-state index is 0.164. The Labute approximate surface area is 66.4 Å². The van der Waals surface area contributed by atoms with Gasteiger partial charge in [-0.25, -0.2) is 9.67 Å². The molecule has 4 nitrogen and oxygen atoms in total. The molecule has 0 aliphatic heterocycles. The molecule has 2 atom stereocenters. The Balaban J connectivity index is 2.62. The topological polar surface area (TPSA) is 56.7 Å². The summed E-state index contributed by atoms with van der Waals surface area (Å²) in [4.78, 5) is 3.86. The summed E-state index contributed by atoms with van der Waals surface area (Å²) in [6.45, 7) is 4.11. The molecule has 1 aromatic rings. The van der Waals surface area contributed by atoms with E-state index in [0.29, 0.717) is 0 Å². The summed E-state index contributed by atoms with van der Waals surface area (Å²) >= 11 is 0. The van der Waals surface area contributed by atoms with Crippen LogP contribution in [0.15, 0.2) is 12.7 Å². The van der Waals surface area contributed by atoms with E-state index in [1.807, 2.05) is 6.92 Å². The summed E-state index contributed by atoms with van der Waals surface area (Å²) in [6, 6.07) is 0.402. The van der Waals surface area contributed by atoms with Crippen LogP contribution >= 0.6 is 0 Å². The van der Waals surface area contributed by atoms with Crippen LogP contribution in [0.25, 0.3) is 0 Å². The molecule has 0 saturated heterocycles. The van der Waals surface area contributed by atoms with Gasteiger partial charge in [0.1, 0.15) is 12.7 Å². The van der Waals surface area contributed by atoms with Crippen molar-refractivity contribution in [1.82, 2.24) is 14.8 Å². The van der Waals surface area contributed by atoms with E-state index in [-0.39, 0.29) is 12.1 Å². The molecule has 0 bridgehead atoms. The van der Waals surface area contributed by atoms with Gasteiger partial charge in [-0.3, -0.25) is 0 Å². The first kappa shape index (κ1) is 8.20. The first-order valence-electron chi connectivity index (χ1n) is 3.85. The Morgan fingerprint density at radius 2 is 2.36 bits per heavy atom. The molecule has 11 heavy (non-hydrogen) atoms. The summed E-state index contributed by atoms with van der Waals surface area (Å²) in [5.41, 5.74) is 5.82. The predicted molar refractivity (Wildman–Crippen MR) is 43.0 cm³/mol. The lowest BCUT2D eigenvalue weighted by molar-refractivity contribution is 0.397. The standard InChI is InChI=1S/C7H14N4/c1-3-7(8)6(2)11-5-9-4-10-11/h4-7H,3,8H2,1-2H3. The van der Waals surface area contributed by atoms with Gasteiger partial charge in [-0.15, -0.1) is 0 Å². The van der Waals surface area contributed by atoms with Crippen molar-refractivity contribution in [3.05, 3.63) is 12.7 Å². The van der Waals surface area contributed by atoms with Gasteiger partial charge in [0.25, 0.3) is 0 Å². The Bertz CT molecular complexity index is 194. The second-order valence-electron chi connectivity index (χ2n) is 2.69. The minimum Gasteiger partial charge on any atom is -0.326 e. The number of nitrogens with zero attached hydrogens (tertiary/aromatic N) is 3. The Hall–Kier alpha value is -0.900. The van der Waals surface area contributed by atoms with Gasteiger partial charge >= 0.3 is 0 Å². The molecule has 0 aliphatic carbocycles. The summed E-state index contributed by atoms with van der Waals surface area (Å²) in [5.74, 6) is 0. The first-order valence-corrected chi connectivity index (χ1v) is 3.85. The molecule has 1 aromatic heterocycles. The number of nitrogens with two attached hydrogens (primary N) is 1. The van der Waals surface area contributed by atoms with Crippen molar-refractivity contribution in [3.8, 4) is 0 Å². The lowest BCUT2D eigenvalue weighted by atomic mass is 10.1. The average Bonchev–Trinajstić information content (AvgIpc) is 2.53. The molecule has 0 saturated carbocycles. The predicted octanol–water partition coefficient (Wildman–Crippen LogP) is 0.576. The zero-order chi connectivity index (χ0) is 8.27. The van der Waals surface area contributed by atoms with Crippen molar-refractivity contribution in [2.24, 2.45) is 5.73 Å². The van der Waals surface area contributed by atoms with Gasteiger partial charge in [-0.2, -0.15) is 5.10 Å². The third-order valence-corrected chi connectivity index (χ3v) is 1.94. The molecule has 0 radical (unpaired) electrons. The number of rotatable bonds is 3. The van der Waals surface area contributed by atoms with Crippen LogP contribution in [0.1, 0.15) is 26.3 Å². The van der Waals surface area contributed by atoms with Crippen molar-refractivity contribution in [2.75, 3.05) is 0 Å². The molecule has 2 N–H and O–H groups in total. The van der Waals surface area contributed by atoms with E-state index in [1.165, 1.54) is 6.33 Å². The molecule has 2 unspecified atom stereocenters. The van der Waals surface area contributed by atoms with Crippen LogP contribution in [0.5, 0.6) is 0 Å². The fourth-order valence-electron chi connectivity index (χ4n) is 0.965. The maximum Gasteiger partial charge on any atom is 0.137 e. The second-order valence-corrected chi connectivity index (χ2v) is 2.69. The zero-order valence-electron chi connectivity index (χ0n) is 6.94. The molecule has 0 aromatic carbocycles. The van der Waals surface area contributed by atoms with E-state index in [4.69, 9.17) is 5.73 Å². The third-order valence-electron chi connectivity index (χ3n) is 1.94. The zero-order valence-corrected chi connectivity index (χ0v) is 6.94. The van der Waals surface area contributed by atoms with Gasteiger partial charge in [0.05, 0.1) is 6.04 Å². The van der Waals surface area contributed by atoms with Crippen LogP contribution in [-0.2, 0) is 0 Å². The molecular weight excluding hydrogens is 140 g/mol. The SMILES string of the molecule is CCC(N)C(C)n1cncn1. The van der Waals surface area contributed by atoms with Crippen molar-refractivity contribution < 1.29 is 0 Å². The molecule has 62 valence electrons. The van der Waals surface area contributed by atoms with Gasteiger partial charge in [-0.1, -0.05) is 6.92 Å². The number of aromatic nitrogens is 3. The smallest absolute Gasteiger partial charge is 0.137 e. The lowest BCUT2D eigenvalue weighted by Crippen LogP contribution is -2.29. The van der Waals surface area contributed by atoms with E-state index in [9.17, 15) is 0 Å². The van der Waals surface area contributed by atoms with E-state index in [2.05, 4.69) is 17.0 Å². The minimum atomic E-state index is 0.164. The molecule has 1 rings (SSSR count). The first-order chi connectivity index (χ1) is 5.25. The van der Waals surface area contributed by atoms with Crippen LogP contribution in [0, 0.1) is 0 Å². The molecule has 1 heterocycles. The monoisotopic (exact) mass is 154 g/mol. The fourth-order valence-corrected chi connectivity index (χ4v) is 0.965. The largest absolute Gasteiger partial charge is 0.326 e. The number of hydrogen-bond acceptors (Lipinski definition) is 3. The highest BCUT2D eigenvalue weighted by Gasteiger charge is 2.11. The van der Waals surface area contributed by atoms with Crippen molar-refractivity contribution in [1.29, 1.82) is 0 Å². The van der Waals surface area contributed by atoms with E-state index in [0.717, 1.165) is 6.42 Å². The van der Waals surface area contributed by atoms with Gasteiger partial charge in [-0.05, 0) is 13.3 Å². The highest BCUT2D eigenvalue weighted by molar-refractivity contribution is 4.73. The quantitative estimate of drug-likeness (QED) is 0.692. The highest BCUT2D eigenvalue weighted by Crippen LogP contribution is 2.08. The van der Waals surface area contributed by atoms with Crippen LogP contribution in [0.3, 0.4) is 0 Å². The van der Waals surface area contributed by atoms with E-state index in [1.54, 1.807) is 11.0 Å². The normalized spacial score (nSPS) is 16.3. The van der Waals surface area contributed by atoms with Crippen LogP contribution < -0.4 is 5.73 Å². The van der Waals surface area contributed by atoms with E-state index < -0.39 is 0 Å². The number of hydrogen-bond donors (Lipinski definition) is 1. The van der Waals surface area contributed by atoms with Crippen molar-refractivity contribution in [3.63, 3.8) is 0 Å². The summed E-state index contributed by atoms with van der Waals surface area (Å²) in [7, 11) is 0. The molecule has 4 heteroatoms. The van der Waals surface area contributed by atoms with E-state index >= 15 is 0 Å². The Kier molecular flexibility index (Phi) is 2.59. The van der Waals surface area contributed by atoms with Crippen LogP contribution in [-0.4, -0.2) is 20.8 Å². The Morgan fingerprint density at radius 3 is 2.82 bits per heavy atom. The molecule has 0 spiro atoms. The maximum atomic E-state index is 5.82. The average molecular weight is 154 g/mol.